The first-order valence-electron chi connectivity index (χ1n) is 7.63. The Kier molecular flexibility index (Phi) is 9.40. The van der Waals surface area contributed by atoms with Gasteiger partial charge in [-0.2, -0.15) is 18.0 Å². The lowest BCUT2D eigenvalue weighted by Crippen LogP contribution is -2.47. The van der Waals surface area contributed by atoms with Crippen LogP contribution in [0.1, 0.15) is 13.4 Å². The number of alkyl halides is 1. The van der Waals surface area contributed by atoms with Crippen LogP contribution < -0.4 is 5.73 Å². The van der Waals surface area contributed by atoms with Gasteiger partial charge in [-0.1, -0.05) is 5.92 Å². The molecular formula is C11H16F2N3O12P3S. The van der Waals surface area contributed by atoms with E-state index in [9.17, 15) is 32.5 Å². The summed E-state index contributed by atoms with van der Waals surface area (Å²) in [5.74, 6) is -0.133. The minimum atomic E-state index is -5.85. The highest BCUT2D eigenvalue weighted by Gasteiger charge is 2.45. The van der Waals surface area contributed by atoms with Crippen molar-refractivity contribution in [2.45, 2.75) is 25.1 Å². The normalized spacial score (nSPS) is 19.7. The van der Waals surface area contributed by atoms with E-state index in [1.54, 1.807) is 5.92 Å². The molecule has 0 spiro atoms. The van der Waals surface area contributed by atoms with Gasteiger partial charge in [0.1, 0.15) is 6.61 Å². The number of hydrogen-bond donors (Lipinski definition) is 6. The third-order valence-corrected chi connectivity index (χ3v) is 7.32. The number of terminal acetylenes is 1. The van der Waals surface area contributed by atoms with Gasteiger partial charge in [-0.3, -0.25) is 9.09 Å². The maximum absolute atomic E-state index is 14.6. The van der Waals surface area contributed by atoms with Gasteiger partial charge in [0.25, 0.3) is 6.48 Å². The minimum absolute atomic E-state index is 0.278. The lowest BCUT2D eigenvalue weighted by Gasteiger charge is -2.33. The molecule has 15 nitrogen and oxygen atoms in total. The largest absolute Gasteiger partial charge is 0.490 e. The van der Waals surface area contributed by atoms with E-state index in [2.05, 4.69) is 18.1 Å². The van der Waals surface area contributed by atoms with E-state index in [-0.39, 0.29) is 4.57 Å². The highest BCUT2D eigenvalue weighted by molar-refractivity contribution is 7.71. The second-order valence-corrected chi connectivity index (χ2v) is 10.4. The van der Waals surface area contributed by atoms with Crippen molar-refractivity contribution < 1.29 is 65.0 Å². The monoisotopic (exact) mass is 545 g/mol. The fourth-order valence-electron chi connectivity index (χ4n) is 1.76. The molecular weight excluding hydrogens is 529 g/mol. The first-order valence-corrected chi connectivity index (χ1v) is 12.6. The summed E-state index contributed by atoms with van der Waals surface area (Å²) >= 11 is 4.69. The average Bonchev–Trinajstić information content (AvgIpc) is 2.58. The lowest BCUT2D eigenvalue weighted by atomic mass is 10.0. The van der Waals surface area contributed by atoms with Crippen molar-refractivity contribution >= 4 is 41.5 Å². The summed E-state index contributed by atoms with van der Waals surface area (Å²) in [7, 11) is -17.2. The smallest absolute Gasteiger partial charge is 0.389 e. The van der Waals surface area contributed by atoms with E-state index < -0.39 is 64.7 Å². The molecule has 1 rings (SSSR count). The van der Waals surface area contributed by atoms with Crippen LogP contribution in [0.15, 0.2) is 6.20 Å². The van der Waals surface area contributed by atoms with E-state index >= 15 is 0 Å². The Morgan fingerprint density at radius 3 is 2.34 bits per heavy atom. The second-order valence-electron chi connectivity index (χ2n) is 5.65. The molecule has 0 aliphatic rings. The Morgan fingerprint density at radius 2 is 1.88 bits per heavy atom. The molecule has 0 saturated carbocycles. The predicted molar refractivity (Wildman–Crippen MR) is 102 cm³/mol. The summed E-state index contributed by atoms with van der Waals surface area (Å²) < 4.78 is 77.8. The molecule has 7 N–H and O–H groups in total. The molecule has 0 aliphatic heterocycles. The number of ether oxygens (including phenoxy) is 1. The number of nitrogens with zero attached hydrogens (tertiary/aromatic N) is 2. The van der Waals surface area contributed by atoms with Crippen LogP contribution in [0.4, 0.5) is 14.6 Å². The molecule has 0 aliphatic carbocycles. The first-order chi connectivity index (χ1) is 14.3. The van der Waals surface area contributed by atoms with Crippen molar-refractivity contribution in [3.63, 3.8) is 0 Å². The lowest BCUT2D eigenvalue weighted by molar-refractivity contribution is -0.206. The summed E-state index contributed by atoms with van der Waals surface area (Å²) in [5.41, 5.74) is 2.55. The second kappa shape index (κ2) is 10.4. The highest BCUT2D eigenvalue weighted by atomic mass is 32.1. The summed E-state index contributed by atoms with van der Waals surface area (Å²) in [6.07, 6.45) is 3.77. The van der Waals surface area contributed by atoms with Gasteiger partial charge in [0.05, 0.1) is 12.3 Å². The van der Waals surface area contributed by atoms with Crippen molar-refractivity contribution in [3.05, 3.63) is 16.8 Å². The summed E-state index contributed by atoms with van der Waals surface area (Å²) in [4.78, 5) is 38.9. The Bertz CT molecular complexity index is 1090. The van der Waals surface area contributed by atoms with Gasteiger partial charge in [-0.15, -0.1) is 6.42 Å². The van der Waals surface area contributed by atoms with Gasteiger partial charge in [0.15, 0.2) is 17.2 Å². The van der Waals surface area contributed by atoms with Gasteiger partial charge in [0.2, 0.25) is 4.77 Å². The molecule has 5 atom stereocenters. The number of rotatable bonds is 11. The van der Waals surface area contributed by atoms with Crippen molar-refractivity contribution in [3.8, 4) is 12.3 Å². The Morgan fingerprint density at radius 1 is 1.31 bits per heavy atom. The number of anilines is 1. The topological polar surface area (TPSA) is 233 Å². The molecule has 0 bridgehead atoms. The number of nitrogens with two attached hydrogens (primary N) is 1. The van der Waals surface area contributed by atoms with Crippen LogP contribution in [-0.2, 0) is 31.6 Å². The molecule has 0 radical (unpaired) electrons. The maximum atomic E-state index is 14.6. The highest BCUT2D eigenvalue weighted by Crippen LogP contribution is 2.66. The molecule has 2 unspecified atom stereocenters. The summed E-state index contributed by atoms with van der Waals surface area (Å²) in [6.45, 7) is -3.25. The van der Waals surface area contributed by atoms with Crippen LogP contribution in [0.3, 0.4) is 0 Å². The molecule has 182 valence electrons. The van der Waals surface area contributed by atoms with Crippen molar-refractivity contribution in [2.75, 3.05) is 12.3 Å². The number of phosphoric acid groups is 3. The van der Waals surface area contributed by atoms with Crippen LogP contribution in [0, 0.1) is 22.9 Å². The van der Waals surface area contributed by atoms with Crippen LogP contribution in [0.5, 0.6) is 0 Å². The van der Waals surface area contributed by atoms with E-state index in [0.717, 1.165) is 6.92 Å². The molecule has 1 heterocycles. The average molecular weight is 545 g/mol. The van der Waals surface area contributed by atoms with Gasteiger partial charge in [0, 0.05) is 0 Å². The molecule has 1 aromatic rings. The summed E-state index contributed by atoms with van der Waals surface area (Å²) in [5, 5.41) is 9.91. The molecule has 0 saturated heterocycles. The Labute approximate surface area is 183 Å². The first kappa shape index (κ1) is 28.9. The van der Waals surface area contributed by atoms with Gasteiger partial charge >= 0.3 is 23.5 Å². The standard InChI is InChI=1S/C11H16F2N3O12P3S/c1-3-11(6(2)17,26-9(13)16-4-7(12)8(14)15-10(16)32)5-25-30(21,22)28-31(23,24)27-29(18,19)20/h1,4,6,9,17H,5H2,2H3,(H,21,22)(H,23,24)(H2,14,15,32)(H2,18,19,20)/t6-,9-,11-/m1/s1. The van der Waals surface area contributed by atoms with Crippen LogP contribution in [-0.4, -0.2) is 52.5 Å². The molecule has 0 aromatic carbocycles. The van der Waals surface area contributed by atoms with Gasteiger partial charge in [-0.05, 0) is 19.1 Å². The molecule has 1 aromatic heterocycles. The maximum Gasteiger partial charge on any atom is 0.490 e. The zero-order chi connectivity index (χ0) is 25.1. The zero-order valence-electron chi connectivity index (χ0n) is 15.6. The predicted octanol–water partition coefficient (Wildman–Crippen LogP) is 0.872. The van der Waals surface area contributed by atoms with E-state index in [0.29, 0.717) is 6.20 Å². The third kappa shape index (κ3) is 8.32. The van der Waals surface area contributed by atoms with Crippen molar-refractivity contribution in [1.29, 1.82) is 0 Å². The molecule has 0 amide bonds. The Hall–Kier alpha value is -1.15. The van der Waals surface area contributed by atoms with Crippen molar-refractivity contribution in [1.82, 2.24) is 9.55 Å². The SMILES string of the molecule is C#C[C@](COP(=O)(O)OP(=O)(O)OP(=O)(O)O)(O[C@H](F)n1cc(F)c(N)nc1=S)[C@@H](C)O. The van der Waals surface area contributed by atoms with Crippen molar-refractivity contribution in [2.24, 2.45) is 0 Å². The molecule has 0 fully saturated rings. The van der Waals surface area contributed by atoms with E-state index in [1.807, 2.05) is 0 Å². The quantitative estimate of drug-likeness (QED) is 0.129. The van der Waals surface area contributed by atoms with Gasteiger partial charge < -0.3 is 35.2 Å². The zero-order valence-corrected chi connectivity index (χ0v) is 19.1. The third-order valence-electron chi connectivity index (χ3n) is 3.24. The number of hydrogen-bond acceptors (Lipinski definition) is 11. The number of nitrogen functional groups attached to an aromatic ring is 1. The number of aromatic nitrogens is 2. The number of aliphatic hydroxyl groups is 1. The van der Waals surface area contributed by atoms with E-state index in [4.69, 9.17) is 43.8 Å². The number of aliphatic hydroxyl groups excluding tert-OH is 1. The molecule has 21 heteroatoms. The summed E-state index contributed by atoms with van der Waals surface area (Å²) in [6, 6.07) is 0. The van der Waals surface area contributed by atoms with Gasteiger partial charge in [-0.25, -0.2) is 18.1 Å². The molecule has 32 heavy (non-hydrogen) atoms. The minimum Gasteiger partial charge on any atom is -0.389 e. The number of phosphoric ester groups is 1. The van der Waals surface area contributed by atoms with Crippen LogP contribution in [0.2, 0.25) is 0 Å². The fourth-order valence-corrected chi connectivity index (χ4v) is 5.05. The fraction of sp³-hybridized carbons (Fsp3) is 0.455. The number of halogens is 2. The van der Waals surface area contributed by atoms with Crippen LogP contribution in [0.25, 0.3) is 0 Å². The van der Waals surface area contributed by atoms with Crippen LogP contribution >= 0.6 is 35.7 Å². The van der Waals surface area contributed by atoms with E-state index in [1.165, 1.54) is 0 Å². The Balaban J connectivity index is 3.11.